The number of ether oxygens (including phenoxy) is 1. The van der Waals surface area contributed by atoms with Crippen LogP contribution in [-0.2, 0) is 6.42 Å². The fraction of sp³-hybridized carbons (Fsp3) is 0.400. The molecule has 3 aromatic rings. The van der Waals surface area contributed by atoms with E-state index in [2.05, 4.69) is 4.90 Å². The Morgan fingerprint density at radius 3 is 2.55 bits per heavy atom. The van der Waals surface area contributed by atoms with Crippen molar-refractivity contribution in [1.29, 1.82) is 0 Å². The van der Waals surface area contributed by atoms with Gasteiger partial charge >= 0.3 is 0 Å². The van der Waals surface area contributed by atoms with Gasteiger partial charge in [-0.15, -0.1) is 0 Å². The zero-order valence-corrected chi connectivity index (χ0v) is 19.2. The van der Waals surface area contributed by atoms with Crippen molar-refractivity contribution < 1.29 is 23.3 Å². The first-order valence-electron chi connectivity index (χ1n) is 11.3. The van der Waals surface area contributed by atoms with E-state index in [1.54, 1.807) is 0 Å². The first-order chi connectivity index (χ1) is 15.9. The van der Waals surface area contributed by atoms with Crippen molar-refractivity contribution in [2.24, 2.45) is 0 Å². The SMILES string of the molecule is CCCCc1oc2ccc([N+](=O)[O-])cc2c1C(=O)c1ccc(OCCN(CC)CC)c(F)c1. The third kappa shape index (κ3) is 5.57. The van der Waals surface area contributed by atoms with Crippen molar-refractivity contribution >= 4 is 22.4 Å². The Morgan fingerprint density at radius 2 is 1.91 bits per heavy atom. The molecule has 0 fully saturated rings. The minimum atomic E-state index is -0.630. The van der Waals surface area contributed by atoms with Crippen LogP contribution in [0.15, 0.2) is 40.8 Å². The summed E-state index contributed by atoms with van der Waals surface area (Å²) in [5.74, 6) is -0.530. The summed E-state index contributed by atoms with van der Waals surface area (Å²) in [4.78, 5) is 26.3. The third-order valence-electron chi connectivity index (χ3n) is 5.69. The standard InChI is InChI=1S/C25H29FN2O5/c1-4-7-8-23-24(19-16-18(28(30)31)10-12-21(19)33-23)25(29)17-9-11-22(20(26)15-17)32-14-13-27(5-2)6-3/h9-12,15-16H,4-8,13-14H2,1-3H3. The fourth-order valence-electron chi connectivity index (χ4n) is 3.74. The van der Waals surface area contributed by atoms with Gasteiger partial charge in [0, 0.05) is 36.0 Å². The minimum absolute atomic E-state index is 0.0811. The number of non-ortho nitro benzene ring substituents is 1. The summed E-state index contributed by atoms with van der Waals surface area (Å²) in [5, 5.41) is 11.6. The predicted molar refractivity (Wildman–Crippen MR) is 125 cm³/mol. The van der Waals surface area contributed by atoms with Gasteiger partial charge in [-0.1, -0.05) is 27.2 Å². The quantitative estimate of drug-likeness (QED) is 0.195. The van der Waals surface area contributed by atoms with E-state index in [0.29, 0.717) is 36.3 Å². The molecule has 176 valence electrons. The zero-order valence-electron chi connectivity index (χ0n) is 19.2. The number of aryl methyl sites for hydroxylation is 1. The molecular weight excluding hydrogens is 427 g/mol. The number of fused-ring (bicyclic) bond motifs is 1. The molecule has 7 nitrogen and oxygen atoms in total. The second kappa shape index (κ2) is 11.0. The highest BCUT2D eigenvalue weighted by molar-refractivity contribution is 6.17. The highest BCUT2D eigenvalue weighted by Crippen LogP contribution is 2.32. The van der Waals surface area contributed by atoms with Crippen LogP contribution in [0.1, 0.15) is 55.3 Å². The number of unbranched alkanes of at least 4 members (excludes halogenated alkanes) is 1. The van der Waals surface area contributed by atoms with Gasteiger partial charge in [0.1, 0.15) is 18.0 Å². The van der Waals surface area contributed by atoms with Crippen LogP contribution in [0.2, 0.25) is 0 Å². The van der Waals surface area contributed by atoms with Crippen molar-refractivity contribution in [3.63, 3.8) is 0 Å². The molecule has 0 amide bonds. The number of hydrogen-bond donors (Lipinski definition) is 0. The number of rotatable bonds is 12. The van der Waals surface area contributed by atoms with Gasteiger partial charge in [-0.2, -0.15) is 0 Å². The predicted octanol–water partition coefficient (Wildman–Crippen LogP) is 5.77. The Morgan fingerprint density at radius 1 is 1.15 bits per heavy atom. The summed E-state index contributed by atoms with van der Waals surface area (Å²) in [7, 11) is 0. The van der Waals surface area contributed by atoms with Crippen LogP contribution < -0.4 is 4.74 Å². The number of nitro groups is 1. The monoisotopic (exact) mass is 456 g/mol. The van der Waals surface area contributed by atoms with Crippen LogP contribution in [0.5, 0.6) is 5.75 Å². The number of benzene rings is 2. The molecule has 3 rings (SSSR count). The van der Waals surface area contributed by atoms with Crippen molar-refractivity contribution in [2.45, 2.75) is 40.0 Å². The topological polar surface area (TPSA) is 85.8 Å². The number of carbonyl (C=O) groups is 1. The Kier molecular flexibility index (Phi) is 8.16. The summed E-state index contributed by atoms with van der Waals surface area (Å²) in [5.41, 5.74) is 0.640. The van der Waals surface area contributed by atoms with E-state index in [1.165, 1.54) is 30.3 Å². The maximum absolute atomic E-state index is 14.7. The third-order valence-corrected chi connectivity index (χ3v) is 5.69. The molecule has 0 saturated carbocycles. The van der Waals surface area contributed by atoms with Gasteiger partial charge in [-0.05, 0) is 43.8 Å². The average Bonchev–Trinajstić information content (AvgIpc) is 3.18. The molecule has 0 spiro atoms. The zero-order chi connectivity index (χ0) is 24.0. The molecule has 8 heteroatoms. The average molecular weight is 457 g/mol. The van der Waals surface area contributed by atoms with Gasteiger partial charge in [0.05, 0.1) is 10.5 Å². The number of ketones is 1. The summed E-state index contributed by atoms with van der Waals surface area (Å²) < 4.78 is 26.2. The highest BCUT2D eigenvalue weighted by atomic mass is 19.1. The van der Waals surface area contributed by atoms with E-state index in [1.807, 2.05) is 20.8 Å². The second-order valence-corrected chi connectivity index (χ2v) is 7.79. The van der Waals surface area contributed by atoms with Gasteiger partial charge in [0.2, 0.25) is 0 Å². The number of likely N-dealkylation sites (N-methyl/N-ethyl adjacent to an activating group) is 1. The van der Waals surface area contributed by atoms with E-state index in [9.17, 15) is 19.3 Å². The molecule has 0 unspecified atom stereocenters. The lowest BCUT2D eigenvalue weighted by Crippen LogP contribution is -2.28. The molecule has 0 aliphatic heterocycles. The van der Waals surface area contributed by atoms with Crippen molar-refractivity contribution in [1.82, 2.24) is 4.90 Å². The Bertz CT molecular complexity index is 1140. The molecular formula is C25H29FN2O5. The second-order valence-electron chi connectivity index (χ2n) is 7.79. The van der Waals surface area contributed by atoms with Gasteiger partial charge in [0.15, 0.2) is 17.3 Å². The Labute approximate surface area is 192 Å². The van der Waals surface area contributed by atoms with E-state index in [0.717, 1.165) is 32.0 Å². The molecule has 1 aromatic heterocycles. The molecule has 0 aliphatic rings. The minimum Gasteiger partial charge on any atom is -0.489 e. The lowest BCUT2D eigenvalue weighted by atomic mass is 9.98. The first kappa shape index (κ1) is 24.4. The maximum atomic E-state index is 14.7. The van der Waals surface area contributed by atoms with Gasteiger partial charge in [0.25, 0.3) is 5.69 Å². The molecule has 0 radical (unpaired) electrons. The van der Waals surface area contributed by atoms with E-state index < -0.39 is 16.5 Å². The number of hydrogen-bond acceptors (Lipinski definition) is 6. The maximum Gasteiger partial charge on any atom is 0.270 e. The fourth-order valence-corrected chi connectivity index (χ4v) is 3.74. The van der Waals surface area contributed by atoms with E-state index in [4.69, 9.17) is 9.15 Å². The van der Waals surface area contributed by atoms with Gasteiger partial charge < -0.3 is 14.1 Å². The summed E-state index contributed by atoms with van der Waals surface area (Å²) in [6.07, 6.45) is 2.18. The van der Waals surface area contributed by atoms with Crippen LogP contribution in [0.25, 0.3) is 11.0 Å². The number of halogens is 1. The molecule has 0 aliphatic carbocycles. The van der Waals surface area contributed by atoms with Crippen LogP contribution in [0, 0.1) is 15.9 Å². The Balaban J connectivity index is 1.91. The molecule has 0 saturated heterocycles. The van der Waals surface area contributed by atoms with Crippen LogP contribution >= 0.6 is 0 Å². The molecule has 0 bridgehead atoms. The molecule has 1 heterocycles. The first-order valence-corrected chi connectivity index (χ1v) is 11.3. The Hall–Kier alpha value is -3.26. The summed E-state index contributed by atoms with van der Waals surface area (Å²) in [6.45, 7) is 8.89. The van der Waals surface area contributed by atoms with Crippen LogP contribution in [0.4, 0.5) is 10.1 Å². The number of carbonyl (C=O) groups excluding carboxylic acids is 1. The molecule has 2 aromatic carbocycles. The molecule has 33 heavy (non-hydrogen) atoms. The van der Waals surface area contributed by atoms with Crippen LogP contribution in [0.3, 0.4) is 0 Å². The lowest BCUT2D eigenvalue weighted by molar-refractivity contribution is -0.384. The van der Waals surface area contributed by atoms with Crippen molar-refractivity contribution in [3.05, 3.63) is 69.2 Å². The molecule has 0 N–H and O–H groups in total. The van der Waals surface area contributed by atoms with Crippen molar-refractivity contribution in [2.75, 3.05) is 26.2 Å². The van der Waals surface area contributed by atoms with Crippen LogP contribution in [-0.4, -0.2) is 41.8 Å². The van der Waals surface area contributed by atoms with Gasteiger partial charge in [-0.3, -0.25) is 14.9 Å². The number of nitro benzene ring substituents is 1. The normalized spacial score (nSPS) is 11.3. The van der Waals surface area contributed by atoms with Gasteiger partial charge in [-0.25, -0.2) is 4.39 Å². The smallest absolute Gasteiger partial charge is 0.270 e. The van der Waals surface area contributed by atoms with E-state index >= 15 is 0 Å². The number of nitrogens with zero attached hydrogens (tertiary/aromatic N) is 2. The number of furan rings is 1. The summed E-state index contributed by atoms with van der Waals surface area (Å²) in [6, 6.07) is 8.28. The molecule has 0 atom stereocenters. The van der Waals surface area contributed by atoms with E-state index in [-0.39, 0.29) is 22.6 Å². The lowest BCUT2D eigenvalue weighted by Gasteiger charge is -2.18. The van der Waals surface area contributed by atoms with Crippen molar-refractivity contribution in [3.8, 4) is 5.75 Å². The highest BCUT2D eigenvalue weighted by Gasteiger charge is 2.24. The largest absolute Gasteiger partial charge is 0.489 e. The summed E-state index contributed by atoms with van der Waals surface area (Å²) >= 11 is 0.